The second kappa shape index (κ2) is 5.75. The lowest BCUT2D eigenvalue weighted by molar-refractivity contribution is 0.388. The van der Waals surface area contributed by atoms with E-state index in [1.807, 2.05) is 12.3 Å². The van der Waals surface area contributed by atoms with E-state index >= 15 is 0 Å². The van der Waals surface area contributed by atoms with Crippen LogP contribution in [0.3, 0.4) is 0 Å². The van der Waals surface area contributed by atoms with Crippen molar-refractivity contribution < 1.29 is 0 Å². The zero-order valence-corrected chi connectivity index (χ0v) is 11.2. The molecule has 2 heterocycles. The fourth-order valence-electron chi connectivity index (χ4n) is 2.11. The van der Waals surface area contributed by atoms with Crippen molar-refractivity contribution in [2.24, 2.45) is 5.92 Å². The van der Waals surface area contributed by atoms with Gasteiger partial charge in [-0.3, -0.25) is 4.98 Å². The predicted octanol–water partition coefficient (Wildman–Crippen LogP) is 1.89. The Morgan fingerprint density at radius 1 is 1.56 bits per heavy atom. The van der Waals surface area contributed by atoms with Crippen LogP contribution in [-0.4, -0.2) is 36.6 Å². The molecule has 1 aliphatic rings. The molecule has 1 atom stereocenters. The zero-order valence-electron chi connectivity index (χ0n) is 9.62. The number of nitrogens with one attached hydrogen (secondary N) is 1. The lowest BCUT2D eigenvalue weighted by Gasteiger charge is -2.11. The van der Waals surface area contributed by atoms with Crippen LogP contribution < -0.4 is 5.32 Å². The highest BCUT2D eigenvalue weighted by atomic mass is 79.9. The van der Waals surface area contributed by atoms with Crippen molar-refractivity contribution in [1.29, 1.82) is 0 Å². The van der Waals surface area contributed by atoms with Gasteiger partial charge >= 0.3 is 0 Å². The number of pyridine rings is 1. The van der Waals surface area contributed by atoms with Crippen LogP contribution in [0, 0.1) is 5.92 Å². The highest BCUT2D eigenvalue weighted by Gasteiger charge is 2.18. The van der Waals surface area contributed by atoms with Crippen LogP contribution in [0.15, 0.2) is 22.8 Å². The summed E-state index contributed by atoms with van der Waals surface area (Å²) >= 11 is 3.39. The van der Waals surface area contributed by atoms with E-state index in [0.717, 1.165) is 29.2 Å². The molecule has 0 radical (unpaired) electrons. The van der Waals surface area contributed by atoms with Gasteiger partial charge in [-0.25, -0.2) is 0 Å². The van der Waals surface area contributed by atoms with Crippen molar-refractivity contribution in [3.63, 3.8) is 0 Å². The molecule has 4 heteroatoms. The van der Waals surface area contributed by atoms with Crippen molar-refractivity contribution in [2.75, 3.05) is 26.7 Å². The molecule has 1 fully saturated rings. The molecule has 3 nitrogen and oxygen atoms in total. The van der Waals surface area contributed by atoms with Gasteiger partial charge in [0.15, 0.2) is 0 Å². The minimum Gasteiger partial charge on any atom is -0.311 e. The molecule has 1 unspecified atom stereocenters. The molecule has 0 aromatic carbocycles. The van der Waals surface area contributed by atoms with Crippen LogP contribution >= 0.6 is 15.9 Å². The van der Waals surface area contributed by atoms with Crippen molar-refractivity contribution in [3.8, 4) is 0 Å². The molecule has 1 saturated heterocycles. The summed E-state index contributed by atoms with van der Waals surface area (Å²) in [6.07, 6.45) is 3.16. The van der Waals surface area contributed by atoms with Gasteiger partial charge in [0.05, 0.1) is 5.69 Å². The Hall–Kier alpha value is -0.450. The Bertz CT molecular complexity index is 326. The first-order valence-corrected chi connectivity index (χ1v) is 6.53. The van der Waals surface area contributed by atoms with Crippen LogP contribution in [0.5, 0.6) is 0 Å². The highest BCUT2D eigenvalue weighted by molar-refractivity contribution is 9.10. The first-order chi connectivity index (χ1) is 7.74. The number of nitrogens with zero attached hydrogens (tertiary/aromatic N) is 2. The Kier molecular flexibility index (Phi) is 4.32. The Balaban J connectivity index is 1.70. The van der Waals surface area contributed by atoms with E-state index < -0.39 is 0 Å². The zero-order chi connectivity index (χ0) is 11.4. The van der Waals surface area contributed by atoms with Gasteiger partial charge in [-0.05, 0) is 60.5 Å². The van der Waals surface area contributed by atoms with E-state index in [-0.39, 0.29) is 0 Å². The van der Waals surface area contributed by atoms with Crippen molar-refractivity contribution in [1.82, 2.24) is 15.2 Å². The maximum Gasteiger partial charge on any atom is 0.0542 e. The van der Waals surface area contributed by atoms with Crippen molar-refractivity contribution >= 4 is 15.9 Å². The molecule has 0 amide bonds. The molecule has 0 spiro atoms. The van der Waals surface area contributed by atoms with E-state index in [1.165, 1.54) is 19.5 Å². The molecule has 88 valence electrons. The van der Waals surface area contributed by atoms with E-state index in [4.69, 9.17) is 0 Å². The van der Waals surface area contributed by atoms with Crippen LogP contribution in [0.25, 0.3) is 0 Å². The summed E-state index contributed by atoms with van der Waals surface area (Å²) in [6, 6.07) is 4.09. The Morgan fingerprint density at radius 3 is 3.06 bits per heavy atom. The van der Waals surface area contributed by atoms with Gasteiger partial charge in [-0.1, -0.05) is 0 Å². The fourth-order valence-corrected chi connectivity index (χ4v) is 2.34. The van der Waals surface area contributed by atoms with Crippen LogP contribution in [0.2, 0.25) is 0 Å². The maximum atomic E-state index is 4.34. The van der Waals surface area contributed by atoms with Gasteiger partial charge in [0.25, 0.3) is 0 Å². The third kappa shape index (κ3) is 3.54. The smallest absolute Gasteiger partial charge is 0.0542 e. The molecule has 0 saturated carbocycles. The average Bonchev–Trinajstić information content (AvgIpc) is 2.67. The predicted molar refractivity (Wildman–Crippen MR) is 69.2 cm³/mol. The van der Waals surface area contributed by atoms with Gasteiger partial charge in [0, 0.05) is 23.8 Å². The largest absolute Gasteiger partial charge is 0.311 e. The minimum absolute atomic E-state index is 0.806. The third-order valence-corrected chi connectivity index (χ3v) is 3.49. The molecule has 1 aliphatic heterocycles. The second-order valence-corrected chi connectivity index (χ2v) is 5.43. The number of halogens is 1. The molecule has 0 aliphatic carbocycles. The number of likely N-dealkylation sites (tertiary alicyclic amines) is 1. The van der Waals surface area contributed by atoms with Crippen molar-refractivity contribution in [3.05, 3.63) is 28.5 Å². The normalized spacial score (nSPS) is 21.5. The van der Waals surface area contributed by atoms with E-state index in [1.54, 1.807) is 0 Å². The fraction of sp³-hybridized carbons (Fsp3) is 0.583. The molecule has 1 N–H and O–H groups in total. The first-order valence-electron chi connectivity index (χ1n) is 5.74. The monoisotopic (exact) mass is 283 g/mol. The summed E-state index contributed by atoms with van der Waals surface area (Å²) < 4.78 is 1.04. The lowest BCUT2D eigenvalue weighted by Crippen LogP contribution is -2.25. The van der Waals surface area contributed by atoms with E-state index in [9.17, 15) is 0 Å². The number of hydrogen-bond acceptors (Lipinski definition) is 3. The van der Waals surface area contributed by atoms with Gasteiger partial charge in [-0.2, -0.15) is 0 Å². The SMILES string of the molecule is CN1CCC(CNCc2ccc(Br)cn2)C1. The quantitative estimate of drug-likeness (QED) is 0.915. The standard InChI is InChI=1S/C12H18BrN3/c1-16-5-4-10(9-16)6-14-8-12-3-2-11(13)7-15-12/h2-3,7,10,14H,4-6,8-9H2,1H3. The topological polar surface area (TPSA) is 28.2 Å². The van der Waals surface area contributed by atoms with Crippen LogP contribution in [0.4, 0.5) is 0 Å². The average molecular weight is 284 g/mol. The summed E-state index contributed by atoms with van der Waals surface area (Å²) in [5.74, 6) is 0.806. The summed E-state index contributed by atoms with van der Waals surface area (Å²) in [5.41, 5.74) is 1.11. The Labute approximate surface area is 105 Å². The summed E-state index contributed by atoms with van der Waals surface area (Å²) in [7, 11) is 2.19. The minimum atomic E-state index is 0.806. The Morgan fingerprint density at radius 2 is 2.44 bits per heavy atom. The second-order valence-electron chi connectivity index (χ2n) is 4.52. The molecule has 2 rings (SSSR count). The summed E-state index contributed by atoms with van der Waals surface area (Å²) in [6.45, 7) is 4.43. The first kappa shape index (κ1) is 12.0. The van der Waals surface area contributed by atoms with Gasteiger partial charge in [0.2, 0.25) is 0 Å². The maximum absolute atomic E-state index is 4.34. The number of rotatable bonds is 4. The number of aromatic nitrogens is 1. The third-order valence-electron chi connectivity index (χ3n) is 3.02. The molecule has 1 aromatic rings. The van der Waals surface area contributed by atoms with E-state index in [0.29, 0.717) is 0 Å². The summed E-state index contributed by atoms with van der Waals surface area (Å²) in [5, 5.41) is 3.48. The molecular formula is C12H18BrN3. The van der Waals surface area contributed by atoms with Gasteiger partial charge < -0.3 is 10.2 Å². The van der Waals surface area contributed by atoms with Gasteiger partial charge in [0.1, 0.15) is 0 Å². The summed E-state index contributed by atoms with van der Waals surface area (Å²) in [4.78, 5) is 6.73. The van der Waals surface area contributed by atoms with Crippen LogP contribution in [-0.2, 0) is 6.54 Å². The van der Waals surface area contributed by atoms with Crippen molar-refractivity contribution in [2.45, 2.75) is 13.0 Å². The molecular weight excluding hydrogens is 266 g/mol. The van der Waals surface area contributed by atoms with Gasteiger partial charge in [-0.15, -0.1) is 0 Å². The highest BCUT2D eigenvalue weighted by Crippen LogP contribution is 2.13. The molecule has 16 heavy (non-hydrogen) atoms. The molecule has 1 aromatic heterocycles. The van der Waals surface area contributed by atoms with Crippen LogP contribution in [0.1, 0.15) is 12.1 Å². The van der Waals surface area contributed by atoms with E-state index in [2.05, 4.69) is 44.2 Å². The lowest BCUT2D eigenvalue weighted by atomic mass is 10.1. The number of hydrogen-bond donors (Lipinski definition) is 1. The molecule has 0 bridgehead atoms.